The summed E-state index contributed by atoms with van der Waals surface area (Å²) < 4.78 is 12.3. The summed E-state index contributed by atoms with van der Waals surface area (Å²) in [7, 11) is -0.697. The second kappa shape index (κ2) is 6.08. The Labute approximate surface area is 118 Å². The zero-order valence-corrected chi connectivity index (χ0v) is 12.7. The van der Waals surface area contributed by atoms with Gasteiger partial charge in [-0.25, -0.2) is 0 Å². The normalized spacial score (nSPS) is 19.7. The first kappa shape index (κ1) is 13.9. The summed E-state index contributed by atoms with van der Waals surface area (Å²) in [4.78, 5) is 14.4. The molecule has 0 N–H and O–H groups in total. The van der Waals surface area contributed by atoms with E-state index in [0.29, 0.717) is 11.5 Å². The predicted octanol–water partition coefficient (Wildman–Crippen LogP) is 2.08. The first-order valence-corrected chi connectivity index (χ1v) is 8.25. The third-order valence-corrected chi connectivity index (χ3v) is 5.07. The highest BCUT2D eigenvalue weighted by Gasteiger charge is 2.25. The molecule has 0 aliphatic carbocycles. The fourth-order valence-corrected chi connectivity index (χ4v) is 3.41. The van der Waals surface area contributed by atoms with Gasteiger partial charge in [-0.2, -0.15) is 0 Å². The van der Waals surface area contributed by atoms with Gasteiger partial charge in [0, 0.05) is 45.4 Å². The molecule has 0 amide bonds. The minimum absolute atomic E-state index is 0.134. The molecule has 98 valence electrons. The minimum Gasteiger partial charge on any atom is -0.292 e. The number of hydrogen-bond acceptors (Lipinski definition) is 3. The molecule has 18 heavy (non-hydrogen) atoms. The molecule has 0 aromatic heterocycles. The zero-order chi connectivity index (χ0) is 13.1. The predicted molar refractivity (Wildman–Crippen MR) is 77.4 cm³/mol. The van der Waals surface area contributed by atoms with Gasteiger partial charge in [0.15, 0.2) is 5.78 Å². The van der Waals surface area contributed by atoms with Crippen LogP contribution in [0.15, 0.2) is 28.7 Å². The van der Waals surface area contributed by atoms with Gasteiger partial charge in [-0.05, 0) is 19.1 Å². The van der Waals surface area contributed by atoms with Crippen molar-refractivity contribution in [2.75, 3.05) is 24.6 Å². The van der Waals surface area contributed by atoms with Crippen molar-refractivity contribution < 1.29 is 9.00 Å². The molecular weight excluding hydrogens is 314 g/mol. The maximum atomic E-state index is 12.3. The average Bonchev–Trinajstić information content (AvgIpc) is 2.39. The molecule has 1 aliphatic rings. The van der Waals surface area contributed by atoms with Gasteiger partial charge in [-0.1, -0.05) is 28.1 Å². The molecule has 0 saturated carbocycles. The SMILES string of the molecule is CC(C(=O)c1ccc(Br)cc1)N1CCS(=O)CC1. The fourth-order valence-electron chi connectivity index (χ4n) is 2.06. The zero-order valence-electron chi connectivity index (χ0n) is 10.3. The lowest BCUT2D eigenvalue weighted by Gasteiger charge is -2.31. The molecule has 1 aromatic carbocycles. The standard InChI is InChI=1S/C13H16BrNO2S/c1-10(15-6-8-18(17)9-7-15)13(16)11-2-4-12(14)5-3-11/h2-5,10H,6-9H2,1H3. The van der Waals surface area contributed by atoms with E-state index in [2.05, 4.69) is 20.8 Å². The van der Waals surface area contributed by atoms with Crippen molar-refractivity contribution >= 4 is 32.5 Å². The number of carbonyl (C=O) groups excluding carboxylic acids is 1. The topological polar surface area (TPSA) is 37.4 Å². The molecular formula is C13H16BrNO2S. The quantitative estimate of drug-likeness (QED) is 0.797. The molecule has 1 aliphatic heterocycles. The Hall–Kier alpha value is -0.520. The largest absolute Gasteiger partial charge is 0.292 e. The summed E-state index contributed by atoms with van der Waals surface area (Å²) in [6.45, 7) is 3.42. The number of halogens is 1. The molecule has 3 nitrogen and oxygen atoms in total. The van der Waals surface area contributed by atoms with Crippen LogP contribution in [0, 0.1) is 0 Å². The summed E-state index contributed by atoms with van der Waals surface area (Å²) in [6, 6.07) is 7.30. The van der Waals surface area contributed by atoms with Gasteiger partial charge in [-0.15, -0.1) is 0 Å². The van der Waals surface area contributed by atoms with Crippen LogP contribution in [-0.4, -0.2) is 45.5 Å². The molecule has 0 radical (unpaired) electrons. The Morgan fingerprint density at radius 1 is 1.28 bits per heavy atom. The molecule has 1 fully saturated rings. The monoisotopic (exact) mass is 329 g/mol. The number of rotatable bonds is 3. The number of ketones is 1. The molecule has 1 unspecified atom stereocenters. The summed E-state index contributed by atoms with van der Waals surface area (Å²) >= 11 is 3.36. The van der Waals surface area contributed by atoms with Gasteiger partial charge < -0.3 is 0 Å². The smallest absolute Gasteiger partial charge is 0.179 e. The summed E-state index contributed by atoms with van der Waals surface area (Å²) in [6.07, 6.45) is 0. The number of hydrogen-bond donors (Lipinski definition) is 0. The molecule has 2 rings (SSSR count). The molecule has 1 saturated heterocycles. The van der Waals surface area contributed by atoms with E-state index in [1.165, 1.54) is 0 Å². The lowest BCUT2D eigenvalue weighted by atomic mass is 10.0. The van der Waals surface area contributed by atoms with Crippen LogP contribution in [0.25, 0.3) is 0 Å². The second-order valence-electron chi connectivity index (χ2n) is 4.43. The van der Waals surface area contributed by atoms with Crippen LogP contribution < -0.4 is 0 Å². The molecule has 1 heterocycles. The van der Waals surface area contributed by atoms with Gasteiger partial charge in [0.25, 0.3) is 0 Å². The van der Waals surface area contributed by atoms with E-state index in [1.54, 1.807) is 0 Å². The lowest BCUT2D eigenvalue weighted by molar-refractivity contribution is 0.0850. The molecule has 0 bridgehead atoms. The maximum absolute atomic E-state index is 12.3. The first-order valence-electron chi connectivity index (χ1n) is 5.97. The van der Waals surface area contributed by atoms with Crippen LogP contribution in [0.4, 0.5) is 0 Å². The third-order valence-electron chi connectivity index (χ3n) is 3.27. The van der Waals surface area contributed by atoms with Crippen molar-refractivity contribution in [1.29, 1.82) is 0 Å². The highest BCUT2D eigenvalue weighted by atomic mass is 79.9. The van der Waals surface area contributed by atoms with Crippen molar-refractivity contribution in [2.45, 2.75) is 13.0 Å². The van der Waals surface area contributed by atoms with Gasteiger partial charge in [0.05, 0.1) is 6.04 Å². The molecule has 5 heteroatoms. The van der Waals surface area contributed by atoms with Gasteiger partial charge in [0.1, 0.15) is 0 Å². The Kier molecular flexibility index (Phi) is 4.70. The Morgan fingerprint density at radius 3 is 2.39 bits per heavy atom. The highest BCUT2D eigenvalue weighted by molar-refractivity contribution is 9.10. The van der Waals surface area contributed by atoms with E-state index < -0.39 is 10.8 Å². The van der Waals surface area contributed by atoms with Crippen molar-refractivity contribution in [1.82, 2.24) is 4.90 Å². The van der Waals surface area contributed by atoms with E-state index >= 15 is 0 Å². The molecule has 0 spiro atoms. The molecule has 1 aromatic rings. The van der Waals surface area contributed by atoms with Crippen molar-refractivity contribution in [3.63, 3.8) is 0 Å². The van der Waals surface area contributed by atoms with Crippen molar-refractivity contribution in [2.24, 2.45) is 0 Å². The second-order valence-corrected chi connectivity index (χ2v) is 7.04. The Balaban J connectivity index is 2.04. The van der Waals surface area contributed by atoms with E-state index in [9.17, 15) is 9.00 Å². The van der Waals surface area contributed by atoms with E-state index in [0.717, 1.165) is 23.1 Å². The van der Waals surface area contributed by atoms with Gasteiger partial charge in [0.2, 0.25) is 0 Å². The van der Waals surface area contributed by atoms with E-state index in [1.807, 2.05) is 31.2 Å². The maximum Gasteiger partial charge on any atom is 0.179 e. The van der Waals surface area contributed by atoms with Crippen LogP contribution in [0.2, 0.25) is 0 Å². The highest BCUT2D eigenvalue weighted by Crippen LogP contribution is 2.15. The van der Waals surface area contributed by atoms with Crippen LogP contribution in [-0.2, 0) is 10.8 Å². The number of carbonyl (C=O) groups is 1. The van der Waals surface area contributed by atoms with Gasteiger partial charge >= 0.3 is 0 Å². The lowest BCUT2D eigenvalue weighted by Crippen LogP contribution is -2.46. The Bertz CT molecular complexity index is 451. The summed E-state index contributed by atoms with van der Waals surface area (Å²) in [5.41, 5.74) is 0.734. The number of nitrogens with zero attached hydrogens (tertiary/aromatic N) is 1. The van der Waals surface area contributed by atoms with Crippen molar-refractivity contribution in [3.05, 3.63) is 34.3 Å². The third kappa shape index (κ3) is 3.28. The van der Waals surface area contributed by atoms with Crippen LogP contribution in [0.3, 0.4) is 0 Å². The van der Waals surface area contributed by atoms with Crippen LogP contribution in [0.1, 0.15) is 17.3 Å². The average molecular weight is 330 g/mol. The van der Waals surface area contributed by atoms with E-state index in [4.69, 9.17) is 0 Å². The summed E-state index contributed by atoms with van der Waals surface area (Å²) in [5.74, 6) is 1.49. The van der Waals surface area contributed by atoms with Crippen LogP contribution >= 0.6 is 15.9 Å². The van der Waals surface area contributed by atoms with E-state index in [-0.39, 0.29) is 11.8 Å². The van der Waals surface area contributed by atoms with Crippen molar-refractivity contribution in [3.8, 4) is 0 Å². The minimum atomic E-state index is -0.697. The first-order chi connectivity index (χ1) is 8.58. The summed E-state index contributed by atoms with van der Waals surface area (Å²) in [5, 5.41) is 0. The number of Topliss-reactive ketones (excluding diaryl/α,β-unsaturated/α-hetero) is 1. The Morgan fingerprint density at radius 2 is 1.83 bits per heavy atom. The van der Waals surface area contributed by atoms with Crippen LogP contribution in [0.5, 0.6) is 0 Å². The number of benzene rings is 1. The van der Waals surface area contributed by atoms with Gasteiger partial charge in [-0.3, -0.25) is 13.9 Å². The fraction of sp³-hybridized carbons (Fsp3) is 0.462. The molecule has 1 atom stereocenters.